The molecule has 1 aromatic rings. The van der Waals surface area contributed by atoms with E-state index in [1.165, 1.54) is 12.5 Å². The fourth-order valence-electron chi connectivity index (χ4n) is 2.51. The van der Waals surface area contributed by atoms with E-state index in [2.05, 4.69) is 4.90 Å². The highest BCUT2D eigenvalue weighted by molar-refractivity contribution is 5.28. The van der Waals surface area contributed by atoms with Gasteiger partial charge in [-0.15, -0.1) is 0 Å². The summed E-state index contributed by atoms with van der Waals surface area (Å²) in [6, 6.07) is 5.06. The minimum absolute atomic E-state index is 0.191. The van der Waals surface area contributed by atoms with Crippen molar-refractivity contribution in [2.24, 2.45) is 11.7 Å². The van der Waals surface area contributed by atoms with Crippen LogP contribution in [-0.4, -0.2) is 31.6 Å². The van der Waals surface area contributed by atoms with Crippen LogP contribution >= 0.6 is 0 Å². The molecule has 3 nitrogen and oxygen atoms in total. The number of methoxy groups -OCH3 is 1. The maximum absolute atomic E-state index is 13.8. The molecule has 18 heavy (non-hydrogen) atoms. The first-order chi connectivity index (χ1) is 8.72. The van der Waals surface area contributed by atoms with E-state index >= 15 is 0 Å². The molecular weight excluding hydrogens is 231 g/mol. The van der Waals surface area contributed by atoms with Crippen LogP contribution in [0.25, 0.3) is 0 Å². The highest BCUT2D eigenvalue weighted by Crippen LogP contribution is 2.21. The van der Waals surface area contributed by atoms with Gasteiger partial charge in [0.05, 0.1) is 7.11 Å². The van der Waals surface area contributed by atoms with Gasteiger partial charge >= 0.3 is 0 Å². The van der Waals surface area contributed by atoms with E-state index in [0.717, 1.165) is 31.6 Å². The average molecular weight is 252 g/mol. The van der Waals surface area contributed by atoms with E-state index in [4.69, 9.17) is 10.5 Å². The smallest absolute Gasteiger partial charge is 0.131 e. The SMILES string of the molecule is COc1ccc(CN2CCCC(CN)C2)c(F)c1. The van der Waals surface area contributed by atoms with Crippen LogP contribution < -0.4 is 10.5 Å². The molecule has 2 N–H and O–H groups in total. The third kappa shape index (κ3) is 3.21. The topological polar surface area (TPSA) is 38.5 Å². The van der Waals surface area contributed by atoms with Gasteiger partial charge in [-0.3, -0.25) is 4.90 Å². The van der Waals surface area contributed by atoms with E-state index in [1.807, 2.05) is 6.07 Å². The summed E-state index contributed by atoms with van der Waals surface area (Å²) in [6.07, 6.45) is 2.34. The number of halogens is 1. The summed E-state index contributed by atoms with van der Waals surface area (Å²) in [4.78, 5) is 2.28. The number of nitrogens with two attached hydrogens (primary N) is 1. The van der Waals surface area contributed by atoms with Gasteiger partial charge in [-0.1, -0.05) is 6.07 Å². The zero-order valence-corrected chi connectivity index (χ0v) is 10.9. The first-order valence-electron chi connectivity index (χ1n) is 6.47. The Kier molecular flexibility index (Phi) is 4.55. The van der Waals surface area contributed by atoms with Crippen molar-refractivity contribution in [3.8, 4) is 5.75 Å². The van der Waals surface area contributed by atoms with Crippen LogP contribution in [0.2, 0.25) is 0 Å². The van der Waals surface area contributed by atoms with Crippen molar-refractivity contribution in [1.82, 2.24) is 4.90 Å². The third-order valence-electron chi connectivity index (χ3n) is 3.59. The maximum atomic E-state index is 13.8. The van der Waals surface area contributed by atoms with Crippen LogP contribution in [0.1, 0.15) is 18.4 Å². The van der Waals surface area contributed by atoms with E-state index in [9.17, 15) is 4.39 Å². The van der Waals surface area contributed by atoms with Crippen LogP contribution in [0.15, 0.2) is 18.2 Å². The molecule has 1 unspecified atom stereocenters. The zero-order valence-electron chi connectivity index (χ0n) is 10.9. The Balaban J connectivity index is 2.00. The Morgan fingerprint density at radius 3 is 3.00 bits per heavy atom. The highest BCUT2D eigenvalue weighted by atomic mass is 19.1. The lowest BCUT2D eigenvalue weighted by Crippen LogP contribution is -2.38. The standard InChI is InChI=1S/C14H21FN2O/c1-18-13-5-4-12(14(15)7-13)10-17-6-2-3-11(8-16)9-17/h4-5,7,11H,2-3,6,8-10,16H2,1H3. The summed E-state index contributed by atoms with van der Waals surface area (Å²) in [5.74, 6) is 0.930. The predicted molar refractivity (Wildman–Crippen MR) is 70.0 cm³/mol. The summed E-state index contributed by atoms with van der Waals surface area (Å²) in [7, 11) is 1.55. The molecule has 0 saturated carbocycles. The van der Waals surface area contributed by atoms with Gasteiger partial charge in [0, 0.05) is 24.7 Å². The van der Waals surface area contributed by atoms with Gasteiger partial charge in [0.2, 0.25) is 0 Å². The quantitative estimate of drug-likeness (QED) is 0.891. The van der Waals surface area contributed by atoms with Crippen molar-refractivity contribution in [2.75, 3.05) is 26.7 Å². The first-order valence-corrected chi connectivity index (χ1v) is 6.47. The van der Waals surface area contributed by atoms with E-state index in [1.54, 1.807) is 13.2 Å². The zero-order chi connectivity index (χ0) is 13.0. The predicted octanol–water partition coefficient (Wildman–Crippen LogP) is 2.00. The second-order valence-electron chi connectivity index (χ2n) is 4.94. The molecule has 0 aromatic heterocycles. The molecule has 0 aliphatic carbocycles. The Morgan fingerprint density at radius 1 is 1.50 bits per heavy atom. The number of piperidine rings is 1. The number of likely N-dealkylation sites (tertiary alicyclic amines) is 1. The van der Waals surface area contributed by atoms with Crippen LogP contribution in [0, 0.1) is 11.7 Å². The van der Waals surface area contributed by atoms with E-state index in [0.29, 0.717) is 18.2 Å². The number of ether oxygens (including phenoxy) is 1. The Bertz CT molecular complexity index is 397. The maximum Gasteiger partial charge on any atom is 0.131 e. The molecule has 0 bridgehead atoms. The molecular formula is C14H21FN2O. The fraction of sp³-hybridized carbons (Fsp3) is 0.571. The lowest BCUT2D eigenvalue weighted by atomic mass is 9.98. The summed E-state index contributed by atoms with van der Waals surface area (Å²) in [5.41, 5.74) is 6.44. The van der Waals surface area contributed by atoms with Crippen molar-refractivity contribution in [3.05, 3.63) is 29.6 Å². The highest BCUT2D eigenvalue weighted by Gasteiger charge is 2.19. The minimum Gasteiger partial charge on any atom is -0.497 e. The Morgan fingerprint density at radius 2 is 2.33 bits per heavy atom. The minimum atomic E-state index is -0.191. The number of rotatable bonds is 4. The number of nitrogens with zero attached hydrogens (tertiary/aromatic N) is 1. The first kappa shape index (κ1) is 13.3. The fourth-order valence-corrected chi connectivity index (χ4v) is 2.51. The van der Waals surface area contributed by atoms with Gasteiger partial charge in [0.25, 0.3) is 0 Å². The van der Waals surface area contributed by atoms with Crippen LogP contribution in [0.5, 0.6) is 5.75 Å². The molecule has 2 rings (SSSR count). The van der Waals surface area contributed by atoms with Gasteiger partial charge in [0.1, 0.15) is 11.6 Å². The second-order valence-corrected chi connectivity index (χ2v) is 4.94. The van der Waals surface area contributed by atoms with E-state index < -0.39 is 0 Å². The largest absolute Gasteiger partial charge is 0.497 e. The molecule has 100 valence electrons. The van der Waals surface area contributed by atoms with Crippen molar-refractivity contribution in [3.63, 3.8) is 0 Å². The van der Waals surface area contributed by atoms with Crippen molar-refractivity contribution in [1.29, 1.82) is 0 Å². The Labute approximate surface area is 108 Å². The second kappa shape index (κ2) is 6.16. The lowest BCUT2D eigenvalue weighted by molar-refractivity contribution is 0.169. The average Bonchev–Trinajstić information content (AvgIpc) is 2.41. The summed E-state index contributed by atoms with van der Waals surface area (Å²) < 4.78 is 18.8. The van der Waals surface area contributed by atoms with E-state index in [-0.39, 0.29) is 5.82 Å². The monoisotopic (exact) mass is 252 g/mol. The molecule has 1 heterocycles. The van der Waals surface area contributed by atoms with Crippen molar-refractivity contribution >= 4 is 0 Å². The van der Waals surface area contributed by atoms with Crippen molar-refractivity contribution in [2.45, 2.75) is 19.4 Å². The molecule has 0 spiro atoms. The molecule has 1 saturated heterocycles. The van der Waals surface area contributed by atoms with Crippen LogP contribution in [0.3, 0.4) is 0 Å². The molecule has 4 heteroatoms. The Hall–Kier alpha value is -1.13. The van der Waals surface area contributed by atoms with Crippen LogP contribution in [-0.2, 0) is 6.54 Å². The molecule has 0 amide bonds. The van der Waals surface area contributed by atoms with Crippen LogP contribution in [0.4, 0.5) is 4.39 Å². The number of hydrogen-bond donors (Lipinski definition) is 1. The summed E-state index contributed by atoms with van der Waals surface area (Å²) in [5, 5.41) is 0. The molecule has 1 fully saturated rings. The molecule has 1 aromatic carbocycles. The molecule has 1 atom stereocenters. The molecule has 1 aliphatic heterocycles. The third-order valence-corrected chi connectivity index (χ3v) is 3.59. The van der Waals surface area contributed by atoms with Gasteiger partial charge in [-0.05, 0) is 37.9 Å². The van der Waals surface area contributed by atoms with Crippen molar-refractivity contribution < 1.29 is 9.13 Å². The van der Waals surface area contributed by atoms with Gasteiger partial charge in [0.15, 0.2) is 0 Å². The lowest BCUT2D eigenvalue weighted by Gasteiger charge is -2.32. The molecule has 0 radical (unpaired) electrons. The summed E-state index contributed by atoms with van der Waals surface area (Å²) >= 11 is 0. The van der Waals surface area contributed by atoms with Gasteiger partial charge in [-0.2, -0.15) is 0 Å². The van der Waals surface area contributed by atoms with Gasteiger partial charge in [-0.25, -0.2) is 4.39 Å². The number of benzene rings is 1. The normalized spacial score (nSPS) is 20.9. The van der Waals surface area contributed by atoms with Gasteiger partial charge < -0.3 is 10.5 Å². The summed E-state index contributed by atoms with van der Waals surface area (Å²) in [6.45, 7) is 3.39. The molecule has 1 aliphatic rings. The number of hydrogen-bond acceptors (Lipinski definition) is 3.